The van der Waals surface area contributed by atoms with Gasteiger partial charge in [-0.15, -0.1) is 0 Å². The molecule has 0 saturated heterocycles. The second-order valence-corrected chi connectivity index (χ2v) is 9.32. The highest BCUT2D eigenvalue weighted by molar-refractivity contribution is 7.07. The lowest BCUT2D eigenvalue weighted by Crippen LogP contribution is -2.40. The molecule has 0 bridgehead atoms. The van der Waals surface area contributed by atoms with Crippen LogP contribution in [0, 0.1) is 0 Å². The van der Waals surface area contributed by atoms with Crippen molar-refractivity contribution in [2.45, 2.75) is 33.7 Å². The van der Waals surface area contributed by atoms with Gasteiger partial charge in [0.2, 0.25) is 0 Å². The summed E-state index contributed by atoms with van der Waals surface area (Å²) in [6.45, 7) is 7.03. The minimum Gasteiger partial charge on any atom is -0.497 e. The van der Waals surface area contributed by atoms with E-state index < -0.39 is 18.0 Å². The summed E-state index contributed by atoms with van der Waals surface area (Å²) in [7, 11) is 1.59. The number of benzene rings is 2. The van der Waals surface area contributed by atoms with Gasteiger partial charge < -0.3 is 18.9 Å². The van der Waals surface area contributed by atoms with E-state index in [0.29, 0.717) is 38.7 Å². The predicted octanol–water partition coefficient (Wildman–Crippen LogP) is 3.13. The molecule has 198 valence electrons. The molecule has 2 aromatic carbocycles. The van der Waals surface area contributed by atoms with E-state index in [1.807, 2.05) is 24.3 Å². The third-order valence-corrected chi connectivity index (χ3v) is 6.75. The van der Waals surface area contributed by atoms with Crippen LogP contribution < -0.4 is 29.1 Å². The molecule has 1 unspecified atom stereocenters. The number of rotatable bonds is 8. The molecule has 3 aromatic rings. The number of aromatic nitrogens is 1. The number of hydrogen-bond donors (Lipinski definition) is 0. The Morgan fingerprint density at radius 1 is 1.08 bits per heavy atom. The molecule has 10 heteroatoms. The second-order valence-electron chi connectivity index (χ2n) is 8.31. The molecular weight excluding hydrogens is 508 g/mol. The van der Waals surface area contributed by atoms with Crippen LogP contribution in [0.5, 0.6) is 17.2 Å². The monoisotopic (exact) mass is 536 g/mol. The van der Waals surface area contributed by atoms with Crippen molar-refractivity contribution in [3.05, 3.63) is 84.5 Å². The number of allylic oxidation sites excluding steroid dienone is 1. The highest BCUT2D eigenvalue weighted by Crippen LogP contribution is 2.36. The standard InChI is InChI=1S/C28H28N2O7S/c1-6-35-22-15-19(10-13-21(22)37-17(4)31)25-24(27(33)36-7-2)16(3)29-28-30(25)26(32)23(38-28)14-18-8-11-20(34-5)12-9-18/h8-15,25H,6-7H2,1-5H3/b23-14+. The summed E-state index contributed by atoms with van der Waals surface area (Å²) in [4.78, 5) is 43.5. The van der Waals surface area contributed by atoms with Crippen molar-refractivity contribution in [3.63, 3.8) is 0 Å². The van der Waals surface area contributed by atoms with E-state index in [4.69, 9.17) is 18.9 Å². The van der Waals surface area contributed by atoms with E-state index in [2.05, 4.69) is 4.99 Å². The Morgan fingerprint density at radius 3 is 2.45 bits per heavy atom. The van der Waals surface area contributed by atoms with Crippen molar-refractivity contribution in [2.24, 2.45) is 4.99 Å². The first-order chi connectivity index (χ1) is 18.3. The fourth-order valence-corrected chi connectivity index (χ4v) is 5.21. The van der Waals surface area contributed by atoms with Crippen molar-refractivity contribution in [1.82, 2.24) is 4.57 Å². The summed E-state index contributed by atoms with van der Waals surface area (Å²) in [6, 6.07) is 11.5. The zero-order valence-corrected chi connectivity index (χ0v) is 22.6. The van der Waals surface area contributed by atoms with E-state index in [9.17, 15) is 14.4 Å². The summed E-state index contributed by atoms with van der Waals surface area (Å²) in [5.74, 6) is 0.214. The van der Waals surface area contributed by atoms with Gasteiger partial charge in [-0.1, -0.05) is 29.5 Å². The zero-order valence-electron chi connectivity index (χ0n) is 21.8. The molecule has 38 heavy (non-hydrogen) atoms. The highest BCUT2D eigenvalue weighted by atomic mass is 32.1. The summed E-state index contributed by atoms with van der Waals surface area (Å²) in [6.07, 6.45) is 1.78. The van der Waals surface area contributed by atoms with Crippen molar-refractivity contribution >= 4 is 29.4 Å². The largest absolute Gasteiger partial charge is 0.497 e. The van der Waals surface area contributed by atoms with Crippen LogP contribution in [0.1, 0.15) is 44.9 Å². The Bertz CT molecular complexity index is 1580. The molecule has 0 N–H and O–H groups in total. The van der Waals surface area contributed by atoms with Crippen LogP contribution in [-0.2, 0) is 14.3 Å². The lowest BCUT2D eigenvalue weighted by Gasteiger charge is -2.25. The maximum absolute atomic E-state index is 13.8. The number of hydrogen-bond acceptors (Lipinski definition) is 9. The fraction of sp³-hybridized carbons (Fsp3) is 0.286. The Balaban J connectivity index is 1.93. The molecular formula is C28H28N2O7S. The van der Waals surface area contributed by atoms with Gasteiger partial charge in [-0.05, 0) is 62.2 Å². The van der Waals surface area contributed by atoms with Crippen LogP contribution in [0.4, 0.5) is 0 Å². The van der Waals surface area contributed by atoms with E-state index in [1.54, 1.807) is 52.2 Å². The molecule has 9 nitrogen and oxygen atoms in total. The molecule has 2 heterocycles. The fourth-order valence-electron chi connectivity index (χ4n) is 4.16. The average Bonchev–Trinajstić information content (AvgIpc) is 3.18. The van der Waals surface area contributed by atoms with Crippen molar-refractivity contribution in [1.29, 1.82) is 0 Å². The molecule has 0 amide bonds. The Hall–Kier alpha value is -4.18. The minimum absolute atomic E-state index is 0.166. The van der Waals surface area contributed by atoms with Crippen LogP contribution in [0.15, 0.2) is 63.5 Å². The van der Waals surface area contributed by atoms with Gasteiger partial charge >= 0.3 is 11.9 Å². The number of carbonyl (C=O) groups is 2. The molecule has 4 rings (SSSR count). The first-order valence-corrected chi connectivity index (χ1v) is 12.9. The van der Waals surface area contributed by atoms with Crippen LogP contribution in [0.3, 0.4) is 0 Å². The van der Waals surface area contributed by atoms with Crippen molar-refractivity contribution in [2.75, 3.05) is 20.3 Å². The molecule has 1 aliphatic rings. The number of nitrogens with zero attached hydrogens (tertiary/aromatic N) is 2. The minimum atomic E-state index is -0.825. The molecule has 0 saturated carbocycles. The summed E-state index contributed by atoms with van der Waals surface area (Å²) in [5.41, 5.74) is 1.80. The molecule has 1 atom stereocenters. The van der Waals surface area contributed by atoms with Gasteiger partial charge in [-0.2, -0.15) is 0 Å². The molecule has 1 aromatic heterocycles. The molecule has 1 aliphatic heterocycles. The Kier molecular flexibility index (Phi) is 8.11. The first kappa shape index (κ1) is 26.9. The molecule has 0 fully saturated rings. The van der Waals surface area contributed by atoms with Gasteiger partial charge in [0.1, 0.15) is 5.75 Å². The van der Waals surface area contributed by atoms with Gasteiger partial charge in [0.05, 0.1) is 42.2 Å². The lowest BCUT2D eigenvalue weighted by atomic mass is 9.95. The van der Waals surface area contributed by atoms with Crippen molar-refractivity contribution in [3.8, 4) is 17.2 Å². The third-order valence-electron chi connectivity index (χ3n) is 5.77. The van der Waals surface area contributed by atoms with Gasteiger partial charge in [0, 0.05) is 6.92 Å². The normalized spacial score (nSPS) is 15.0. The summed E-state index contributed by atoms with van der Waals surface area (Å²) in [5, 5.41) is 0. The number of methoxy groups -OCH3 is 1. The van der Waals surface area contributed by atoms with Crippen LogP contribution in [0.2, 0.25) is 0 Å². The van der Waals surface area contributed by atoms with Gasteiger partial charge in [-0.3, -0.25) is 14.2 Å². The van der Waals surface area contributed by atoms with Gasteiger partial charge in [0.25, 0.3) is 5.56 Å². The second kappa shape index (κ2) is 11.5. The topological polar surface area (TPSA) is 105 Å². The zero-order chi connectivity index (χ0) is 27.4. The Morgan fingerprint density at radius 2 is 1.82 bits per heavy atom. The van der Waals surface area contributed by atoms with E-state index in [-0.39, 0.29) is 23.5 Å². The predicted molar refractivity (Wildman–Crippen MR) is 142 cm³/mol. The van der Waals surface area contributed by atoms with E-state index >= 15 is 0 Å². The molecule has 0 radical (unpaired) electrons. The number of esters is 2. The number of carbonyl (C=O) groups excluding carboxylic acids is 2. The smallest absolute Gasteiger partial charge is 0.338 e. The average molecular weight is 537 g/mol. The maximum Gasteiger partial charge on any atom is 0.338 e. The Labute approximate surface area is 223 Å². The van der Waals surface area contributed by atoms with Gasteiger partial charge in [-0.25, -0.2) is 9.79 Å². The summed E-state index contributed by atoms with van der Waals surface area (Å²) < 4.78 is 23.5. The quantitative estimate of drug-likeness (QED) is 0.322. The first-order valence-electron chi connectivity index (χ1n) is 12.1. The van der Waals surface area contributed by atoms with Crippen LogP contribution in [0.25, 0.3) is 6.08 Å². The number of fused-ring (bicyclic) bond motifs is 1. The summed E-state index contributed by atoms with van der Waals surface area (Å²) >= 11 is 1.23. The molecule has 0 aliphatic carbocycles. The molecule has 0 spiro atoms. The SMILES string of the molecule is CCOC(=O)C1=C(C)N=c2s/c(=C/c3ccc(OC)cc3)c(=O)n2C1c1ccc(OC(C)=O)c(OCC)c1. The van der Waals surface area contributed by atoms with Crippen LogP contribution >= 0.6 is 11.3 Å². The van der Waals surface area contributed by atoms with Crippen LogP contribution in [-0.4, -0.2) is 36.8 Å². The lowest BCUT2D eigenvalue weighted by molar-refractivity contribution is -0.139. The highest BCUT2D eigenvalue weighted by Gasteiger charge is 2.34. The van der Waals surface area contributed by atoms with E-state index in [0.717, 1.165) is 5.56 Å². The van der Waals surface area contributed by atoms with E-state index in [1.165, 1.54) is 22.8 Å². The number of thiazole rings is 1. The third kappa shape index (κ3) is 5.40. The van der Waals surface area contributed by atoms with Crippen molar-refractivity contribution < 1.29 is 28.5 Å². The van der Waals surface area contributed by atoms with Gasteiger partial charge in [0.15, 0.2) is 16.3 Å². The maximum atomic E-state index is 13.8. The number of ether oxygens (including phenoxy) is 4.